The molecule has 6 heteroatoms. The van der Waals surface area contributed by atoms with Gasteiger partial charge in [-0.25, -0.2) is 9.48 Å². The predicted octanol–water partition coefficient (Wildman–Crippen LogP) is 3.52. The van der Waals surface area contributed by atoms with Crippen LogP contribution in [-0.4, -0.2) is 29.5 Å². The molecule has 26 heavy (non-hydrogen) atoms. The van der Waals surface area contributed by atoms with Crippen LogP contribution in [0.15, 0.2) is 60.8 Å². The number of carbonyl (C=O) groups excluding carboxylic acids is 1. The summed E-state index contributed by atoms with van der Waals surface area (Å²) in [6.45, 7) is 2.36. The Labute approximate surface area is 152 Å². The molecular formula is C20H21N3O3. The largest absolute Gasteiger partial charge is 0.497 e. The van der Waals surface area contributed by atoms with Crippen molar-refractivity contribution in [1.29, 1.82) is 0 Å². The highest BCUT2D eigenvalue weighted by Gasteiger charge is 2.13. The lowest BCUT2D eigenvalue weighted by atomic mass is 10.1. The summed E-state index contributed by atoms with van der Waals surface area (Å²) in [7, 11) is 1.62. The number of rotatable bonds is 6. The molecule has 1 aromatic heterocycles. The van der Waals surface area contributed by atoms with Gasteiger partial charge in [0, 0.05) is 6.54 Å². The quantitative estimate of drug-likeness (QED) is 0.738. The minimum atomic E-state index is -0.488. The van der Waals surface area contributed by atoms with Crippen molar-refractivity contribution >= 4 is 6.09 Å². The Kier molecular flexibility index (Phi) is 5.53. The van der Waals surface area contributed by atoms with Gasteiger partial charge >= 0.3 is 6.09 Å². The lowest BCUT2D eigenvalue weighted by Gasteiger charge is -2.08. The second kappa shape index (κ2) is 8.20. The number of nitrogens with zero attached hydrogens (tertiary/aromatic N) is 2. The van der Waals surface area contributed by atoms with Crippen LogP contribution in [0.4, 0.5) is 4.79 Å². The zero-order valence-corrected chi connectivity index (χ0v) is 14.8. The molecule has 0 aliphatic rings. The molecule has 0 atom stereocenters. The first-order valence-electron chi connectivity index (χ1n) is 8.36. The Hall–Kier alpha value is -3.28. The van der Waals surface area contributed by atoms with Gasteiger partial charge in [0.05, 0.1) is 24.7 Å². The molecule has 0 fully saturated rings. The van der Waals surface area contributed by atoms with Crippen LogP contribution in [0, 0.1) is 6.92 Å². The summed E-state index contributed by atoms with van der Waals surface area (Å²) < 4.78 is 12.2. The van der Waals surface area contributed by atoms with E-state index >= 15 is 0 Å². The van der Waals surface area contributed by atoms with E-state index in [1.54, 1.807) is 11.8 Å². The fraction of sp³-hybridized carbons (Fsp3) is 0.200. The van der Waals surface area contributed by atoms with E-state index in [1.165, 1.54) is 6.20 Å². The lowest BCUT2D eigenvalue weighted by molar-refractivity contribution is 0.200. The van der Waals surface area contributed by atoms with Crippen molar-refractivity contribution in [2.75, 3.05) is 13.7 Å². The van der Waals surface area contributed by atoms with E-state index in [2.05, 4.69) is 10.4 Å². The smallest absolute Gasteiger partial charge is 0.412 e. The number of benzene rings is 2. The fourth-order valence-corrected chi connectivity index (χ4v) is 2.57. The van der Waals surface area contributed by atoms with Gasteiger partial charge < -0.3 is 14.8 Å². The van der Waals surface area contributed by atoms with Crippen molar-refractivity contribution in [1.82, 2.24) is 15.1 Å². The van der Waals surface area contributed by atoms with E-state index in [0.29, 0.717) is 12.3 Å². The first-order chi connectivity index (χ1) is 12.7. The second-order valence-electron chi connectivity index (χ2n) is 5.76. The van der Waals surface area contributed by atoms with Crippen LogP contribution in [0.3, 0.4) is 0 Å². The molecule has 0 spiro atoms. The monoisotopic (exact) mass is 351 g/mol. The Morgan fingerprint density at radius 3 is 2.54 bits per heavy atom. The molecule has 0 bridgehead atoms. The molecule has 134 valence electrons. The van der Waals surface area contributed by atoms with Crippen LogP contribution in [-0.2, 0) is 6.42 Å². The molecule has 1 heterocycles. The molecule has 1 N–H and O–H groups in total. The topological polar surface area (TPSA) is 65.4 Å². The zero-order valence-electron chi connectivity index (χ0n) is 14.8. The second-order valence-corrected chi connectivity index (χ2v) is 5.76. The highest BCUT2D eigenvalue weighted by Crippen LogP contribution is 2.22. The third-order valence-electron chi connectivity index (χ3n) is 4.01. The van der Waals surface area contributed by atoms with Crippen molar-refractivity contribution in [3.05, 3.63) is 72.1 Å². The van der Waals surface area contributed by atoms with Crippen LogP contribution in [0.25, 0.3) is 5.69 Å². The summed E-state index contributed by atoms with van der Waals surface area (Å²) in [5.41, 5.74) is 2.77. The molecule has 0 aliphatic heterocycles. The number of amides is 1. The van der Waals surface area contributed by atoms with Gasteiger partial charge in [-0.2, -0.15) is 5.10 Å². The van der Waals surface area contributed by atoms with Crippen LogP contribution >= 0.6 is 0 Å². The van der Waals surface area contributed by atoms with Crippen LogP contribution in [0.2, 0.25) is 0 Å². The van der Waals surface area contributed by atoms with Gasteiger partial charge in [0.2, 0.25) is 0 Å². The Morgan fingerprint density at radius 2 is 1.85 bits per heavy atom. The molecule has 3 rings (SSSR count). The number of nitrogens with one attached hydrogen (secondary N) is 1. The summed E-state index contributed by atoms with van der Waals surface area (Å²) in [6, 6.07) is 17.5. The standard InChI is InChI=1S/C20H21N3O3/c1-15-19(14-22-23(15)17-8-10-18(25-2)11-9-17)26-20(24)21-13-12-16-6-4-3-5-7-16/h3-11,14H,12-13H2,1-2H3,(H,21,24). The van der Waals surface area contributed by atoms with Gasteiger partial charge in [0.1, 0.15) is 5.75 Å². The molecule has 1 amide bonds. The molecule has 0 unspecified atom stereocenters. The van der Waals surface area contributed by atoms with Gasteiger partial charge in [-0.15, -0.1) is 0 Å². The summed E-state index contributed by atoms with van der Waals surface area (Å²) in [5, 5.41) is 7.05. The van der Waals surface area contributed by atoms with E-state index in [9.17, 15) is 4.79 Å². The average molecular weight is 351 g/mol. The van der Waals surface area contributed by atoms with Crippen molar-refractivity contribution in [3.63, 3.8) is 0 Å². The van der Waals surface area contributed by atoms with Gasteiger partial charge in [-0.05, 0) is 43.2 Å². The Morgan fingerprint density at radius 1 is 1.12 bits per heavy atom. The highest BCUT2D eigenvalue weighted by molar-refractivity contribution is 5.70. The zero-order chi connectivity index (χ0) is 18.4. The molecule has 0 saturated heterocycles. The summed E-state index contributed by atoms with van der Waals surface area (Å²) in [6.07, 6.45) is 1.80. The SMILES string of the molecule is COc1ccc(-n2ncc(OC(=O)NCCc3ccccc3)c2C)cc1. The van der Waals surface area contributed by atoms with E-state index < -0.39 is 6.09 Å². The van der Waals surface area contributed by atoms with Crippen LogP contribution in [0.5, 0.6) is 11.5 Å². The third-order valence-corrected chi connectivity index (χ3v) is 4.01. The number of ether oxygens (including phenoxy) is 2. The Bertz CT molecular complexity index is 858. The van der Waals surface area contributed by atoms with Gasteiger partial charge in [0.25, 0.3) is 0 Å². The lowest BCUT2D eigenvalue weighted by Crippen LogP contribution is -2.28. The molecule has 0 aliphatic carbocycles. The number of hydrogen-bond acceptors (Lipinski definition) is 4. The van der Waals surface area contributed by atoms with E-state index in [0.717, 1.165) is 29.1 Å². The van der Waals surface area contributed by atoms with Crippen molar-refractivity contribution in [2.24, 2.45) is 0 Å². The molecule has 0 radical (unpaired) electrons. The van der Waals surface area contributed by atoms with E-state index in [4.69, 9.17) is 9.47 Å². The average Bonchev–Trinajstić information content (AvgIpc) is 3.03. The fourth-order valence-electron chi connectivity index (χ4n) is 2.57. The normalized spacial score (nSPS) is 10.4. The first-order valence-corrected chi connectivity index (χ1v) is 8.36. The van der Waals surface area contributed by atoms with Crippen molar-refractivity contribution in [2.45, 2.75) is 13.3 Å². The first kappa shape index (κ1) is 17.5. The molecule has 2 aromatic carbocycles. The summed E-state index contributed by atoms with van der Waals surface area (Å²) in [5.74, 6) is 1.20. The number of methoxy groups -OCH3 is 1. The molecule has 0 saturated carbocycles. The minimum Gasteiger partial charge on any atom is -0.497 e. The maximum absolute atomic E-state index is 12.0. The van der Waals surface area contributed by atoms with E-state index in [-0.39, 0.29) is 0 Å². The van der Waals surface area contributed by atoms with E-state index in [1.807, 2.05) is 61.5 Å². The molecule has 6 nitrogen and oxygen atoms in total. The van der Waals surface area contributed by atoms with Gasteiger partial charge in [-0.3, -0.25) is 0 Å². The third kappa shape index (κ3) is 4.22. The van der Waals surface area contributed by atoms with Crippen LogP contribution < -0.4 is 14.8 Å². The molecule has 3 aromatic rings. The predicted molar refractivity (Wildman–Crippen MR) is 99.0 cm³/mol. The van der Waals surface area contributed by atoms with Gasteiger partial charge in [-0.1, -0.05) is 30.3 Å². The minimum absolute atomic E-state index is 0.429. The summed E-state index contributed by atoms with van der Waals surface area (Å²) in [4.78, 5) is 12.0. The Balaban J connectivity index is 1.58. The van der Waals surface area contributed by atoms with Crippen molar-refractivity contribution in [3.8, 4) is 17.2 Å². The number of aromatic nitrogens is 2. The number of hydrogen-bond donors (Lipinski definition) is 1. The van der Waals surface area contributed by atoms with Gasteiger partial charge in [0.15, 0.2) is 5.75 Å². The van der Waals surface area contributed by atoms with Crippen molar-refractivity contribution < 1.29 is 14.3 Å². The summed E-state index contributed by atoms with van der Waals surface area (Å²) >= 11 is 0. The maximum Gasteiger partial charge on any atom is 0.412 e. The highest BCUT2D eigenvalue weighted by atomic mass is 16.6. The van der Waals surface area contributed by atoms with Crippen LogP contribution in [0.1, 0.15) is 11.3 Å². The maximum atomic E-state index is 12.0. The number of carbonyl (C=O) groups is 1. The molecular weight excluding hydrogens is 330 g/mol.